The molecule has 1 saturated heterocycles. The quantitative estimate of drug-likeness (QED) is 0.806. The molecule has 18 heavy (non-hydrogen) atoms. The first-order chi connectivity index (χ1) is 8.76. The van der Waals surface area contributed by atoms with Crippen molar-refractivity contribution in [2.75, 3.05) is 26.2 Å². The summed E-state index contributed by atoms with van der Waals surface area (Å²) in [4.78, 5) is 14.5. The first-order valence-electron chi connectivity index (χ1n) is 7.36. The number of hydrogen-bond donors (Lipinski definition) is 1. The number of nitrogens with zero attached hydrogens (tertiary/aromatic N) is 1. The van der Waals surface area contributed by atoms with Gasteiger partial charge in [-0.05, 0) is 45.1 Å². The van der Waals surface area contributed by atoms with Crippen LogP contribution in [-0.4, -0.2) is 43.2 Å². The summed E-state index contributed by atoms with van der Waals surface area (Å²) in [5.74, 6) is 0.869. The Morgan fingerprint density at radius 2 is 2.17 bits per heavy atom. The van der Waals surface area contributed by atoms with Crippen molar-refractivity contribution in [3.05, 3.63) is 0 Å². The molecule has 2 N–H and O–H groups in total. The molecular weight excluding hydrogens is 228 g/mol. The van der Waals surface area contributed by atoms with E-state index in [1.807, 2.05) is 4.90 Å². The molecule has 0 aromatic heterocycles. The minimum absolute atomic E-state index is 0.163. The van der Waals surface area contributed by atoms with Crippen molar-refractivity contribution in [2.45, 2.75) is 45.1 Å². The van der Waals surface area contributed by atoms with Crippen LogP contribution < -0.4 is 5.73 Å². The molecule has 0 radical (unpaired) electrons. The second kappa shape index (κ2) is 6.53. The Kier molecular flexibility index (Phi) is 5.01. The summed E-state index contributed by atoms with van der Waals surface area (Å²) in [6.45, 7) is 5.11. The Hall–Kier alpha value is -0.610. The van der Waals surface area contributed by atoms with Gasteiger partial charge in [0, 0.05) is 25.6 Å². The van der Waals surface area contributed by atoms with Crippen LogP contribution in [0.3, 0.4) is 0 Å². The summed E-state index contributed by atoms with van der Waals surface area (Å²) in [5, 5.41) is 0. The Labute approximate surface area is 110 Å². The van der Waals surface area contributed by atoms with Gasteiger partial charge >= 0.3 is 0 Å². The number of amides is 1. The van der Waals surface area contributed by atoms with Crippen LogP contribution in [0.4, 0.5) is 0 Å². The van der Waals surface area contributed by atoms with Crippen molar-refractivity contribution < 1.29 is 9.53 Å². The summed E-state index contributed by atoms with van der Waals surface area (Å²) < 4.78 is 5.63. The normalized spacial score (nSPS) is 31.8. The molecule has 2 fully saturated rings. The SMILES string of the molecule is CCN(CC1CCCO1)C(=O)C1CCCC1CN. The minimum atomic E-state index is 0.163. The smallest absolute Gasteiger partial charge is 0.226 e. The molecule has 0 aromatic rings. The van der Waals surface area contributed by atoms with Crippen LogP contribution in [0.15, 0.2) is 0 Å². The van der Waals surface area contributed by atoms with E-state index in [-0.39, 0.29) is 12.0 Å². The van der Waals surface area contributed by atoms with E-state index in [4.69, 9.17) is 10.5 Å². The number of hydrogen-bond acceptors (Lipinski definition) is 3. The second-order valence-electron chi connectivity index (χ2n) is 5.55. The van der Waals surface area contributed by atoms with Crippen molar-refractivity contribution >= 4 is 5.91 Å². The number of rotatable bonds is 5. The van der Waals surface area contributed by atoms with Crippen LogP contribution in [0.1, 0.15) is 39.0 Å². The number of carbonyl (C=O) groups excluding carboxylic acids is 1. The summed E-state index contributed by atoms with van der Waals surface area (Å²) >= 11 is 0. The topological polar surface area (TPSA) is 55.6 Å². The molecule has 1 heterocycles. The average molecular weight is 254 g/mol. The van der Waals surface area contributed by atoms with Gasteiger partial charge in [0.2, 0.25) is 5.91 Å². The molecule has 3 atom stereocenters. The fourth-order valence-corrected chi connectivity index (χ4v) is 3.29. The Bertz CT molecular complexity index is 277. The maximum atomic E-state index is 12.5. The monoisotopic (exact) mass is 254 g/mol. The molecule has 1 amide bonds. The van der Waals surface area contributed by atoms with Crippen molar-refractivity contribution in [2.24, 2.45) is 17.6 Å². The van der Waals surface area contributed by atoms with E-state index in [0.29, 0.717) is 18.4 Å². The molecule has 1 aliphatic carbocycles. The van der Waals surface area contributed by atoms with E-state index in [1.54, 1.807) is 0 Å². The van der Waals surface area contributed by atoms with Gasteiger partial charge in [0.05, 0.1) is 6.10 Å². The lowest BCUT2D eigenvalue weighted by Crippen LogP contribution is -2.42. The lowest BCUT2D eigenvalue weighted by Gasteiger charge is -2.28. The number of nitrogens with two attached hydrogens (primary N) is 1. The Morgan fingerprint density at radius 3 is 2.78 bits per heavy atom. The van der Waals surface area contributed by atoms with Crippen LogP contribution in [0, 0.1) is 11.8 Å². The van der Waals surface area contributed by atoms with Gasteiger partial charge in [0.15, 0.2) is 0 Å². The molecule has 0 aromatic carbocycles. The van der Waals surface area contributed by atoms with Gasteiger partial charge in [-0.3, -0.25) is 4.79 Å². The first-order valence-corrected chi connectivity index (χ1v) is 7.36. The zero-order valence-electron chi connectivity index (χ0n) is 11.4. The molecular formula is C14H26N2O2. The standard InChI is InChI=1S/C14H26N2O2/c1-2-16(10-12-6-4-8-18-12)14(17)13-7-3-5-11(13)9-15/h11-13H,2-10,15H2,1H3. The van der Waals surface area contributed by atoms with Gasteiger partial charge in [-0.15, -0.1) is 0 Å². The van der Waals surface area contributed by atoms with E-state index in [0.717, 1.165) is 51.8 Å². The molecule has 0 bridgehead atoms. The highest BCUT2D eigenvalue weighted by Crippen LogP contribution is 2.32. The predicted octanol–water partition coefficient (Wildman–Crippen LogP) is 1.39. The van der Waals surface area contributed by atoms with Gasteiger partial charge in [0.25, 0.3) is 0 Å². The third kappa shape index (κ3) is 3.04. The number of carbonyl (C=O) groups is 1. The van der Waals surface area contributed by atoms with Gasteiger partial charge < -0.3 is 15.4 Å². The van der Waals surface area contributed by atoms with Crippen molar-refractivity contribution in [3.63, 3.8) is 0 Å². The summed E-state index contributed by atoms with van der Waals surface area (Å²) in [5.41, 5.74) is 5.77. The fraction of sp³-hybridized carbons (Fsp3) is 0.929. The van der Waals surface area contributed by atoms with E-state index in [9.17, 15) is 4.79 Å². The molecule has 2 rings (SSSR count). The third-order valence-corrected chi connectivity index (χ3v) is 4.42. The zero-order valence-corrected chi connectivity index (χ0v) is 11.4. The van der Waals surface area contributed by atoms with Gasteiger partial charge in [0.1, 0.15) is 0 Å². The van der Waals surface area contributed by atoms with E-state index in [2.05, 4.69) is 6.92 Å². The molecule has 0 spiro atoms. The van der Waals surface area contributed by atoms with Gasteiger partial charge in [-0.25, -0.2) is 0 Å². The van der Waals surface area contributed by atoms with Crippen molar-refractivity contribution in [3.8, 4) is 0 Å². The summed E-state index contributed by atoms with van der Waals surface area (Å²) in [6, 6.07) is 0. The lowest BCUT2D eigenvalue weighted by atomic mass is 9.94. The van der Waals surface area contributed by atoms with E-state index >= 15 is 0 Å². The van der Waals surface area contributed by atoms with Gasteiger partial charge in [-0.2, -0.15) is 0 Å². The molecule has 1 saturated carbocycles. The first kappa shape index (κ1) is 13.8. The van der Waals surface area contributed by atoms with Crippen LogP contribution in [-0.2, 0) is 9.53 Å². The second-order valence-corrected chi connectivity index (χ2v) is 5.55. The third-order valence-electron chi connectivity index (χ3n) is 4.42. The highest BCUT2D eigenvalue weighted by atomic mass is 16.5. The lowest BCUT2D eigenvalue weighted by molar-refractivity contribution is -0.138. The average Bonchev–Trinajstić information content (AvgIpc) is 3.05. The highest BCUT2D eigenvalue weighted by molar-refractivity contribution is 5.79. The maximum Gasteiger partial charge on any atom is 0.226 e. The highest BCUT2D eigenvalue weighted by Gasteiger charge is 2.35. The summed E-state index contributed by atoms with van der Waals surface area (Å²) in [6.07, 6.45) is 5.76. The Morgan fingerprint density at radius 1 is 1.33 bits per heavy atom. The fourth-order valence-electron chi connectivity index (χ4n) is 3.29. The minimum Gasteiger partial charge on any atom is -0.376 e. The molecule has 3 unspecified atom stereocenters. The maximum absolute atomic E-state index is 12.5. The van der Waals surface area contributed by atoms with Crippen LogP contribution in [0.25, 0.3) is 0 Å². The summed E-state index contributed by atoms with van der Waals surface area (Å²) in [7, 11) is 0. The van der Waals surface area contributed by atoms with E-state index < -0.39 is 0 Å². The zero-order chi connectivity index (χ0) is 13.0. The molecule has 4 heteroatoms. The number of ether oxygens (including phenoxy) is 1. The van der Waals surface area contributed by atoms with Crippen LogP contribution in [0.2, 0.25) is 0 Å². The van der Waals surface area contributed by atoms with Crippen LogP contribution in [0.5, 0.6) is 0 Å². The molecule has 104 valence electrons. The largest absolute Gasteiger partial charge is 0.376 e. The predicted molar refractivity (Wildman–Crippen MR) is 71.1 cm³/mol. The van der Waals surface area contributed by atoms with Crippen molar-refractivity contribution in [1.82, 2.24) is 4.90 Å². The Balaban J connectivity index is 1.91. The van der Waals surface area contributed by atoms with Crippen LogP contribution >= 0.6 is 0 Å². The molecule has 2 aliphatic rings. The van der Waals surface area contributed by atoms with Crippen molar-refractivity contribution in [1.29, 1.82) is 0 Å². The van der Waals surface area contributed by atoms with Gasteiger partial charge in [-0.1, -0.05) is 6.42 Å². The number of likely N-dealkylation sites (N-methyl/N-ethyl adjacent to an activating group) is 1. The molecule has 4 nitrogen and oxygen atoms in total. The molecule has 1 aliphatic heterocycles. The van der Waals surface area contributed by atoms with E-state index in [1.165, 1.54) is 0 Å².